The first-order valence-electron chi connectivity index (χ1n) is 6.50. The third kappa shape index (κ3) is 3.91. The Hall–Kier alpha value is -2.65. The molecule has 0 fully saturated rings. The number of aryl methyl sites for hydroxylation is 1. The van der Waals surface area contributed by atoms with Crippen molar-refractivity contribution in [1.82, 2.24) is 14.9 Å². The van der Waals surface area contributed by atoms with Crippen molar-refractivity contribution in [2.45, 2.75) is 19.0 Å². The molecule has 1 aromatic heterocycles. The van der Waals surface area contributed by atoms with E-state index in [0.717, 1.165) is 11.3 Å². The molecule has 0 spiro atoms. The number of nitriles is 1. The molecule has 1 atom stereocenters. The number of aromatic nitrogens is 2. The molecule has 0 bridgehead atoms. The number of hydrogen-bond donors (Lipinski definition) is 2. The number of carboxylic acid groups (broad SMARTS) is 1. The largest absolute Gasteiger partial charge is 0.480 e. The molecule has 108 valence electrons. The maximum absolute atomic E-state index is 11.3. The highest BCUT2D eigenvalue weighted by Crippen LogP contribution is 2.06. The molecule has 0 saturated carbocycles. The Kier molecular flexibility index (Phi) is 4.69. The lowest BCUT2D eigenvalue weighted by molar-refractivity contribution is -0.139. The van der Waals surface area contributed by atoms with Crippen LogP contribution in [0, 0.1) is 11.3 Å². The summed E-state index contributed by atoms with van der Waals surface area (Å²) in [7, 11) is 1.84. The van der Waals surface area contributed by atoms with Gasteiger partial charge in [0.05, 0.1) is 18.0 Å². The van der Waals surface area contributed by atoms with Gasteiger partial charge in [-0.2, -0.15) is 5.26 Å². The van der Waals surface area contributed by atoms with Crippen molar-refractivity contribution in [2.24, 2.45) is 7.05 Å². The quantitative estimate of drug-likeness (QED) is 0.828. The van der Waals surface area contributed by atoms with Crippen LogP contribution in [0.15, 0.2) is 36.8 Å². The Morgan fingerprint density at radius 3 is 2.71 bits per heavy atom. The zero-order chi connectivity index (χ0) is 15.2. The summed E-state index contributed by atoms with van der Waals surface area (Å²) in [4.78, 5) is 15.3. The summed E-state index contributed by atoms with van der Waals surface area (Å²) >= 11 is 0. The summed E-state index contributed by atoms with van der Waals surface area (Å²) in [5.74, 6) is -0.898. The molecule has 0 saturated heterocycles. The van der Waals surface area contributed by atoms with E-state index in [-0.39, 0.29) is 0 Å². The molecule has 0 aliphatic rings. The van der Waals surface area contributed by atoms with E-state index in [0.29, 0.717) is 18.5 Å². The zero-order valence-corrected chi connectivity index (χ0v) is 11.7. The molecule has 2 aromatic rings. The number of nitrogens with one attached hydrogen (secondary N) is 1. The third-order valence-corrected chi connectivity index (χ3v) is 3.26. The van der Waals surface area contributed by atoms with Gasteiger partial charge in [0.1, 0.15) is 6.04 Å². The fourth-order valence-electron chi connectivity index (χ4n) is 1.98. The van der Waals surface area contributed by atoms with Crippen LogP contribution in [0.3, 0.4) is 0 Å². The topological polar surface area (TPSA) is 90.9 Å². The number of rotatable bonds is 6. The van der Waals surface area contributed by atoms with Gasteiger partial charge in [0.25, 0.3) is 0 Å². The van der Waals surface area contributed by atoms with E-state index in [1.807, 2.05) is 25.2 Å². The highest BCUT2D eigenvalue weighted by atomic mass is 16.4. The molecule has 0 unspecified atom stereocenters. The van der Waals surface area contributed by atoms with Crippen molar-refractivity contribution in [3.8, 4) is 6.07 Å². The fraction of sp³-hybridized carbons (Fsp3) is 0.267. The second-order valence-corrected chi connectivity index (χ2v) is 4.78. The van der Waals surface area contributed by atoms with Crippen LogP contribution in [0.25, 0.3) is 0 Å². The molecule has 2 rings (SSSR count). The summed E-state index contributed by atoms with van der Waals surface area (Å²) < 4.78 is 1.80. The minimum absolute atomic E-state index is 0.363. The molecule has 1 aromatic carbocycles. The minimum Gasteiger partial charge on any atom is -0.480 e. The maximum Gasteiger partial charge on any atom is 0.321 e. The Balaban J connectivity index is 1.98. The van der Waals surface area contributed by atoms with Gasteiger partial charge < -0.3 is 9.67 Å². The van der Waals surface area contributed by atoms with Gasteiger partial charge in [-0.3, -0.25) is 10.1 Å². The molecular weight excluding hydrogens is 268 g/mol. The van der Waals surface area contributed by atoms with E-state index in [2.05, 4.69) is 10.3 Å². The Labute approximate surface area is 122 Å². The number of carbonyl (C=O) groups is 1. The highest BCUT2D eigenvalue weighted by molar-refractivity contribution is 5.73. The van der Waals surface area contributed by atoms with Crippen LogP contribution in [-0.2, 0) is 24.8 Å². The molecule has 6 nitrogen and oxygen atoms in total. The van der Waals surface area contributed by atoms with Crippen LogP contribution in [0.5, 0.6) is 0 Å². The van der Waals surface area contributed by atoms with Gasteiger partial charge >= 0.3 is 5.97 Å². The molecule has 0 aliphatic heterocycles. The van der Waals surface area contributed by atoms with E-state index in [1.165, 1.54) is 0 Å². The maximum atomic E-state index is 11.3. The Morgan fingerprint density at radius 2 is 2.19 bits per heavy atom. The average Bonchev–Trinajstić information content (AvgIpc) is 2.89. The number of imidazole rings is 1. The van der Waals surface area contributed by atoms with Crippen LogP contribution in [0.1, 0.15) is 16.8 Å². The number of nitrogens with zero attached hydrogens (tertiary/aromatic N) is 3. The molecule has 1 heterocycles. The minimum atomic E-state index is -0.898. The monoisotopic (exact) mass is 284 g/mol. The van der Waals surface area contributed by atoms with E-state index in [9.17, 15) is 9.90 Å². The molecular formula is C15H16N4O2. The summed E-state index contributed by atoms with van der Waals surface area (Å²) in [5, 5.41) is 21.0. The SMILES string of the molecule is Cn1cncc1C[C@@H](NCc1ccc(C#N)cc1)C(=O)O. The van der Waals surface area contributed by atoms with Gasteiger partial charge in [0.2, 0.25) is 0 Å². The van der Waals surface area contributed by atoms with Crippen molar-refractivity contribution in [3.63, 3.8) is 0 Å². The van der Waals surface area contributed by atoms with Crippen LogP contribution < -0.4 is 5.32 Å². The van der Waals surface area contributed by atoms with Crippen LogP contribution in [0.2, 0.25) is 0 Å². The summed E-state index contributed by atoms with van der Waals surface area (Å²) in [6.07, 6.45) is 3.68. The van der Waals surface area contributed by atoms with Crippen molar-refractivity contribution < 1.29 is 9.90 Å². The van der Waals surface area contributed by atoms with Gasteiger partial charge in [0, 0.05) is 31.9 Å². The Bertz CT molecular complexity index is 655. The summed E-state index contributed by atoms with van der Waals surface area (Å²) in [6, 6.07) is 8.43. The van der Waals surface area contributed by atoms with Crippen LogP contribution in [0.4, 0.5) is 0 Å². The third-order valence-electron chi connectivity index (χ3n) is 3.26. The van der Waals surface area contributed by atoms with E-state index >= 15 is 0 Å². The Morgan fingerprint density at radius 1 is 1.48 bits per heavy atom. The van der Waals surface area contributed by atoms with Crippen molar-refractivity contribution >= 4 is 5.97 Å². The standard InChI is InChI=1S/C15H16N4O2/c1-19-10-17-9-13(19)6-14(15(20)21)18-8-12-4-2-11(7-16)3-5-12/h2-5,9-10,14,18H,6,8H2,1H3,(H,20,21)/t14-/m1/s1. The van der Waals surface area contributed by atoms with E-state index < -0.39 is 12.0 Å². The molecule has 6 heteroatoms. The van der Waals surface area contributed by atoms with Crippen LogP contribution >= 0.6 is 0 Å². The number of hydrogen-bond acceptors (Lipinski definition) is 4. The van der Waals surface area contributed by atoms with Gasteiger partial charge in [-0.15, -0.1) is 0 Å². The highest BCUT2D eigenvalue weighted by Gasteiger charge is 2.18. The van der Waals surface area contributed by atoms with E-state index in [4.69, 9.17) is 5.26 Å². The molecule has 2 N–H and O–H groups in total. The predicted molar refractivity (Wildman–Crippen MR) is 76.3 cm³/mol. The number of aliphatic carboxylic acids is 1. The first-order chi connectivity index (χ1) is 10.1. The van der Waals surface area contributed by atoms with Gasteiger partial charge in [-0.05, 0) is 17.7 Å². The normalized spacial score (nSPS) is 11.8. The van der Waals surface area contributed by atoms with Crippen LogP contribution in [-0.4, -0.2) is 26.7 Å². The lowest BCUT2D eigenvalue weighted by Gasteiger charge is -2.14. The predicted octanol–water partition coefficient (Wildman–Crippen LogP) is 1.08. The molecule has 0 radical (unpaired) electrons. The number of carboxylic acids is 1. The summed E-state index contributed by atoms with van der Waals surface area (Å²) in [5.41, 5.74) is 2.38. The lowest BCUT2D eigenvalue weighted by Crippen LogP contribution is -2.38. The lowest BCUT2D eigenvalue weighted by atomic mass is 10.1. The average molecular weight is 284 g/mol. The second kappa shape index (κ2) is 6.68. The first kappa shape index (κ1) is 14.8. The van der Waals surface area contributed by atoms with Gasteiger partial charge in [-0.25, -0.2) is 4.98 Å². The second-order valence-electron chi connectivity index (χ2n) is 4.78. The number of benzene rings is 1. The van der Waals surface area contributed by atoms with Gasteiger partial charge in [-0.1, -0.05) is 12.1 Å². The first-order valence-corrected chi connectivity index (χ1v) is 6.50. The molecule has 0 aliphatic carbocycles. The van der Waals surface area contributed by atoms with Gasteiger partial charge in [0.15, 0.2) is 0 Å². The van der Waals surface area contributed by atoms with E-state index in [1.54, 1.807) is 29.2 Å². The zero-order valence-electron chi connectivity index (χ0n) is 11.7. The fourth-order valence-corrected chi connectivity index (χ4v) is 1.98. The smallest absolute Gasteiger partial charge is 0.321 e. The van der Waals surface area contributed by atoms with Crippen molar-refractivity contribution in [3.05, 3.63) is 53.6 Å². The molecule has 0 amide bonds. The van der Waals surface area contributed by atoms with Crippen molar-refractivity contribution in [2.75, 3.05) is 0 Å². The molecule has 21 heavy (non-hydrogen) atoms. The van der Waals surface area contributed by atoms with Crippen molar-refractivity contribution in [1.29, 1.82) is 5.26 Å². The summed E-state index contributed by atoms with van der Waals surface area (Å²) in [6.45, 7) is 0.431.